The zero-order valence-electron chi connectivity index (χ0n) is 8.67. The van der Waals surface area contributed by atoms with Gasteiger partial charge >= 0.3 is 0 Å². The molecule has 0 spiro atoms. The van der Waals surface area contributed by atoms with Crippen LogP contribution in [0, 0.1) is 11.3 Å². The van der Waals surface area contributed by atoms with Crippen LogP contribution in [0.4, 0.5) is 0 Å². The number of likely N-dealkylation sites (tertiary alicyclic amines) is 1. The van der Waals surface area contributed by atoms with E-state index in [9.17, 15) is 5.11 Å². The summed E-state index contributed by atoms with van der Waals surface area (Å²) in [4.78, 5) is 2.36. The Balaban J connectivity index is 2.44. The highest BCUT2D eigenvalue weighted by Crippen LogP contribution is 2.29. The zero-order valence-corrected chi connectivity index (χ0v) is 8.67. The van der Waals surface area contributed by atoms with Crippen LogP contribution in [0.3, 0.4) is 0 Å². The smallest absolute Gasteiger partial charge is 0.0730 e. The molecule has 1 aliphatic rings. The van der Waals surface area contributed by atoms with Crippen molar-refractivity contribution in [2.45, 2.75) is 33.8 Å². The molecule has 72 valence electrons. The molecule has 1 rings (SSSR count). The lowest BCUT2D eigenvalue weighted by Crippen LogP contribution is -2.27. The molecule has 1 atom stereocenters. The third kappa shape index (κ3) is 2.20. The van der Waals surface area contributed by atoms with Crippen LogP contribution < -0.4 is 0 Å². The van der Waals surface area contributed by atoms with E-state index in [1.165, 1.54) is 0 Å². The van der Waals surface area contributed by atoms with Gasteiger partial charge in [-0.15, -0.1) is 0 Å². The standard InChI is InChI=1S/C10H21NO/c1-8(2)5-11-6-9(12)10(3,4)7-11/h8-9,12H,5-7H2,1-4H3. The normalized spacial score (nSPS) is 30.0. The number of β-amino-alcohol motifs (C(OH)–C–C–N with tert-alkyl or cyclic N) is 1. The van der Waals surface area contributed by atoms with Gasteiger partial charge in [0.15, 0.2) is 0 Å². The second kappa shape index (κ2) is 3.35. The predicted octanol–water partition coefficient (Wildman–Crippen LogP) is 1.35. The van der Waals surface area contributed by atoms with Gasteiger partial charge in [-0.25, -0.2) is 0 Å². The fourth-order valence-corrected chi connectivity index (χ4v) is 1.89. The van der Waals surface area contributed by atoms with Gasteiger partial charge in [0.25, 0.3) is 0 Å². The van der Waals surface area contributed by atoms with Crippen molar-refractivity contribution in [1.82, 2.24) is 4.90 Å². The third-order valence-electron chi connectivity index (χ3n) is 2.59. The SMILES string of the molecule is CC(C)CN1CC(O)C(C)(C)C1. The molecule has 0 aliphatic carbocycles. The van der Waals surface area contributed by atoms with Crippen LogP contribution in [0.5, 0.6) is 0 Å². The summed E-state index contributed by atoms with van der Waals surface area (Å²) in [7, 11) is 0. The minimum Gasteiger partial charge on any atom is -0.391 e. The Kier molecular flexibility index (Phi) is 2.79. The summed E-state index contributed by atoms with van der Waals surface area (Å²) in [6.45, 7) is 11.7. The van der Waals surface area contributed by atoms with Crippen LogP contribution >= 0.6 is 0 Å². The highest BCUT2D eigenvalue weighted by Gasteiger charge is 2.37. The molecular formula is C10H21NO. The molecule has 2 nitrogen and oxygen atoms in total. The summed E-state index contributed by atoms with van der Waals surface area (Å²) in [5.74, 6) is 0.700. The zero-order chi connectivity index (χ0) is 9.35. The summed E-state index contributed by atoms with van der Waals surface area (Å²) in [5.41, 5.74) is 0.0922. The second-order valence-corrected chi connectivity index (χ2v) is 5.09. The summed E-state index contributed by atoms with van der Waals surface area (Å²) in [6.07, 6.45) is -0.142. The third-order valence-corrected chi connectivity index (χ3v) is 2.59. The Morgan fingerprint density at radius 1 is 1.50 bits per heavy atom. The Morgan fingerprint density at radius 3 is 2.42 bits per heavy atom. The molecule has 0 amide bonds. The molecule has 0 radical (unpaired) electrons. The van der Waals surface area contributed by atoms with Gasteiger partial charge in [-0.1, -0.05) is 27.7 Å². The van der Waals surface area contributed by atoms with Gasteiger partial charge in [-0.05, 0) is 5.92 Å². The topological polar surface area (TPSA) is 23.5 Å². The van der Waals surface area contributed by atoms with E-state index in [0.717, 1.165) is 19.6 Å². The Labute approximate surface area is 75.6 Å². The number of aliphatic hydroxyl groups excluding tert-OH is 1. The maximum atomic E-state index is 9.70. The molecule has 2 heteroatoms. The molecule has 1 unspecified atom stereocenters. The van der Waals surface area contributed by atoms with Crippen LogP contribution in [-0.4, -0.2) is 35.7 Å². The molecule has 12 heavy (non-hydrogen) atoms. The predicted molar refractivity (Wildman–Crippen MR) is 51.1 cm³/mol. The van der Waals surface area contributed by atoms with Crippen molar-refractivity contribution in [3.63, 3.8) is 0 Å². The first-order valence-corrected chi connectivity index (χ1v) is 4.82. The minimum absolute atomic E-state index is 0.0922. The van der Waals surface area contributed by atoms with E-state index in [1.54, 1.807) is 0 Å². The molecule has 1 fully saturated rings. The van der Waals surface area contributed by atoms with Crippen LogP contribution in [0.15, 0.2) is 0 Å². The molecule has 0 aromatic rings. The highest BCUT2D eigenvalue weighted by atomic mass is 16.3. The Morgan fingerprint density at radius 2 is 2.08 bits per heavy atom. The average molecular weight is 171 g/mol. The number of rotatable bonds is 2. The molecule has 0 saturated carbocycles. The molecule has 1 saturated heterocycles. The van der Waals surface area contributed by atoms with Gasteiger partial charge in [0.2, 0.25) is 0 Å². The quantitative estimate of drug-likeness (QED) is 0.678. The Bertz CT molecular complexity index is 154. The van der Waals surface area contributed by atoms with Crippen molar-refractivity contribution < 1.29 is 5.11 Å². The largest absolute Gasteiger partial charge is 0.391 e. The van der Waals surface area contributed by atoms with Gasteiger partial charge < -0.3 is 5.11 Å². The first-order valence-electron chi connectivity index (χ1n) is 4.82. The Hall–Kier alpha value is -0.0800. The van der Waals surface area contributed by atoms with E-state index >= 15 is 0 Å². The number of nitrogens with zero attached hydrogens (tertiary/aromatic N) is 1. The van der Waals surface area contributed by atoms with Gasteiger partial charge in [0.05, 0.1) is 6.10 Å². The van der Waals surface area contributed by atoms with Crippen molar-refractivity contribution in [3.05, 3.63) is 0 Å². The number of aliphatic hydroxyl groups is 1. The van der Waals surface area contributed by atoms with E-state index in [-0.39, 0.29) is 11.5 Å². The van der Waals surface area contributed by atoms with Gasteiger partial charge in [-0.3, -0.25) is 4.90 Å². The number of hydrogen-bond donors (Lipinski definition) is 1. The first kappa shape index (κ1) is 10.0. The maximum Gasteiger partial charge on any atom is 0.0730 e. The summed E-state index contributed by atoms with van der Waals surface area (Å²) in [6, 6.07) is 0. The van der Waals surface area contributed by atoms with Gasteiger partial charge in [-0.2, -0.15) is 0 Å². The molecular weight excluding hydrogens is 150 g/mol. The fraction of sp³-hybridized carbons (Fsp3) is 1.00. The van der Waals surface area contributed by atoms with Crippen molar-refractivity contribution in [3.8, 4) is 0 Å². The lowest BCUT2D eigenvalue weighted by Gasteiger charge is -2.21. The van der Waals surface area contributed by atoms with Crippen molar-refractivity contribution >= 4 is 0 Å². The van der Waals surface area contributed by atoms with E-state index in [0.29, 0.717) is 5.92 Å². The van der Waals surface area contributed by atoms with Crippen molar-refractivity contribution in [2.24, 2.45) is 11.3 Å². The monoisotopic (exact) mass is 171 g/mol. The molecule has 0 aromatic heterocycles. The number of hydrogen-bond acceptors (Lipinski definition) is 2. The first-order chi connectivity index (χ1) is 5.42. The van der Waals surface area contributed by atoms with Crippen LogP contribution in [-0.2, 0) is 0 Å². The summed E-state index contributed by atoms with van der Waals surface area (Å²) >= 11 is 0. The van der Waals surface area contributed by atoms with Gasteiger partial charge in [0.1, 0.15) is 0 Å². The lowest BCUT2D eigenvalue weighted by atomic mass is 9.90. The van der Waals surface area contributed by atoms with E-state index in [2.05, 4.69) is 32.6 Å². The van der Waals surface area contributed by atoms with Crippen LogP contribution in [0.2, 0.25) is 0 Å². The van der Waals surface area contributed by atoms with Crippen molar-refractivity contribution in [1.29, 1.82) is 0 Å². The van der Waals surface area contributed by atoms with Crippen LogP contribution in [0.25, 0.3) is 0 Å². The summed E-state index contributed by atoms with van der Waals surface area (Å²) in [5, 5.41) is 9.70. The van der Waals surface area contributed by atoms with E-state index in [4.69, 9.17) is 0 Å². The van der Waals surface area contributed by atoms with Crippen LogP contribution in [0.1, 0.15) is 27.7 Å². The lowest BCUT2D eigenvalue weighted by molar-refractivity contribution is 0.0954. The molecule has 0 bridgehead atoms. The summed E-state index contributed by atoms with van der Waals surface area (Å²) < 4.78 is 0. The molecule has 0 aromatic carbocycles. The fourth-order valence-electron chi connectivity index (χ4n) is 1.89. The highest BCUT2D eigenvalue weighted by molar-refractivity contribution is 4.90. The van der Waals surface area contributed by atoms with Gasteiger partial charge in [0, 0.05) is 25.0 Å². The minimum atomic E-state index is -0.142. The molecule has 1 heterocycles. The average Bonchev–Trinajstić information content (AvgIpc) is 2.04. The molecule has 1 N–H and O–H groups in total. The second-order valence-electron chi connectivity index (χ2n) is 5.09. The van der Waals surface area contributed by atoms with Crippen molar-refractivity contribution in [2.75, 3.05) is 19.6 Å². The molecule has 1 aliphatic heterocycles. The van der Waals surface area contributed by atoms with E-state index in [1.807, 2.05) is 0 Å². The van der Waals surface area contributed by atoms with E-state index < -0.39 is 0 Å². The maximum absolute atomic E-state index is 9.70.